The molecule has 86 valence electrons. The van der Waals surface area contributed by atoms with Crippen LogP contribution in [0.15, 0.2) is 20.4 Å². The first-order valence-corrected chi connectivity index (χ1v) is 8.78. The monoisotopic (exact) mass is 442 g/mol. The van der Waals surface area contributed by atoms with E-state index in [-0.39, 0.29) is 0 Å². The second kappa shape index (κ2) is 5.22. The van der Waals surface area contributed by atoms with E-state index in [4.69, 9.17) is 0 Å². The van der Waals surface area contributed by atoms with Gasteiger partial charge < -0.3 is 0 Å². The molecule has 0 radical (unpaired) electrons. The fourth-order valence-electron chi connectivity index (χ4n) is 1.36. The lowest BCUT2D eigenvalue weighted by Crippen LogP contribution is -1.83. The van der Waals surface area contributed by atoms with E-state index in [1.807, 2.05) is 11.3 Å². The molecule has 1 atom stereocenters. The topological polar surface area (TPSA) is 0 Å². The maximum absolute atomic E-state index is 3.77. The number of alkyl halides is 1. The van der Waals surface area contributed by atoms with Crippen LogP contribution in [0.1, 0.15) is 25.0 Å². The number of hydrogen-bond acceptors (Lipinski definition) is 2. The molecule has 5 heteroatoms. The molecule has 0 nitrogen and oxygen atoms in total. The molecule has 0 N–H and O–H groups in total. The van der Waals surface area contributed by atoms with E-state index in [9.17, 15) is 0 Å². The zero-order valence-electron chi connectivity index (χ0n) is 8.68. The van der Waals surface area contributed by atoms with E-state index < -0.39 is 0 Å². The summed E-state index contributed by atoms with van der Waals surface area (Å²) in [5.41, 5.74) is 1.37. The first-order valence-electron chi connectivity index (χ1n) is 4.64. The van der Waals surface area contributed by atoms with E-state index >= 15 is 0 Å². The van der Waals surface area contributed by atoms with Crippen molar-refractivity contribution in [2.24, 2.45) is 0 Å². The first-order chi connectivity index (χ1) is 7.49. The summed E-state index contributed by atoms with van der Waals surface area (Å²) >= 11 is 14.4. The van der Waals surface area contributed by atoms with Gasteiger partial charge in [-0.05, 0) is 63.4 Å². The minimum Gasteiger partial charge on any atom is -0.144 e. The van der Waals surface area contributed by atoms with Gasteiger partial charge >= 0.3 is 0 Å². The van der Waals surface area contributed by atoms with E-state index in [0.717, 1.165) is 8.26 Å². The Hall–Kier alpha value is 0.840. The summed E-state index contributed by atoms with van der Waals surface area (Å²) in [7, 11) is 0. The van der Waals surface area contributed by atoms with Gasteiger partial charge in [-0.2, -0.15) is 0 Å². The summed E-state index contributed by atoms with van der Waals surface area (Å²) in [6.45, 7) is 4.33. The Kier molecular flexibility index (Phi) is 4.33. The quantitative estimate of drug-likeness (QED) is 0.468. The summed E-state index contributed by atoms with van der Waals surface area (Å²) in [6.07, 6.45) is 0. The lowest BCUT2D eigenvalue weighted by Gasteiger charge is -2.03. The van der Waals surface area contributed by atoms with Crippen molar-refractivity contribution in [1.82, 2.24) is 0 Å². The van der Waals surface area contributed by atoms with Gasteiger partial charge in [0, 0.05) is 19.1 Å². The standard InChI is InChI=1S/C11H9Br3S2/c1-5-3-8(15-6(5)2)10(13)9-4-7(12)11(14)16-9/h3-4,10H,1-2H3. The van der Waals surface area contributed by atoms with E-state index in [1.165, 1.54) is 20.2 Å². The van der Waals surface area contributed by atoms with Crippen molar-refractivity contribution >= 4 is 70.5 Å². The Bertz CT molecular complexity index is 428. The van der Waals surface area contributed by atoms with Crippen LogP contribution in [-0.4, -0.2) is 0 Å². The third kappa shape index (κ3) is 2.64. The average molecular weight is 445 g/mol. The van der Waals surface area contributed by atoms with Crippen LogP contribution in [0.4, 0.5) is 0 Å². The van der Waals surface area contributed by atoms with Gasteiger partial charge in [0.1, 0.15) is 0 Å². The Labute approximate surface area is 128 Å². The highest BCUT2D eigenvalue weighted by Gasteiger charge is 2.17. The molecule has 0 aromatic carbocycles. The SMILES string of the molecule is Cc1cc(C(Br)c2cc(Br)c(Br)s2)sc1C. The van der Waals surface area contributed by atoms with Crippen LogP contribution in [0.25, 0.3) is 0 Å². The Morgan fingerprint density at radius 1 is 1.06 bits per heavy atom. The Morgan fingerprint density at radius 2 is 1.69 bits per heavy atom. The van der Waals surface area contributed by atoms with Gasteiger partial charge in [-0.1, -0.05) is 15.9 Å². The van der Waals surface area contributed by atoms with Gasteiger partial charge in [0.15, 0.2) is 0 Å². The number of halogens is 3. The van der Waals surface area contributed by atoms with E-state index in [2.05, 4.69) is 73.8 Å². The lowest BCUT2D eigenvalue weighted by atomic mass is 10.2. The third-order valence-corrected chi connectivity index (χ3v) is 8.48. The van der Waals surface area contributed by atoms with E-state index in [0.29, 0.717) is 4.83 Å². The predicted octanol–water partition coefficient (Wildman–Crippen LogP) is 6.44. The van der Waals surface area contributed by atoms with Crippen LogP contribution >= 0.6 is 70.5 Å². The molecule has 16 heavy (non-hydrogen) atoms. The second-order valence-corrected chi connectivity index (χ2v) is 8.98. The Morgan fingerprint density at radius 3 is 2.12 bits per heavy atom. The molecule has 2 aromatic rings. The molecule has 0 aliphatic rings. The fraction of sp³-hybridized carbons (Fsp3) is 0.273. The van der Waals surface area contributed by atoms with Gasteiger partial charge in [0.2, 0.25) is 0 Å². The van der Waals surface area contributed by atoms with E-state index in [1.54, 1.807) is 11.3 Å². The minimum atomic E-state index is 0.303. The number of rotatable bonds is 2. The number of aryl methyl sites for hydroxylation is 2. The number of thiophene rings is 2. The van der Waals surface area contributed by atoms with Gasteiger partial charge in [-0.3, -0.25) is 0 Å². The molecule has 0 aliphatic heterocycles. The van der Waals surface area contributed by atoms with Crippen molar-refractivity contribution in [1.29, 1.82) is 0 Å². The summed E-state index contributed by atoms with van der Waals surface area (Å²) in [5.74, 6) is 0. The fourth-order valence-corrected chi connectivity index (χ4v) is 5.38. The van der Waals surface area contributed by atoms with Gasteiger partial charge in [0.05, 0.1) is 8.61 Å². The van der Waals surface area contributed by atoms with Crippen molar-refractivity contribution in [3.05, 3.63) is 40.6 Å². The van der Waals surface area contributed by atoms with Crippen LogP contribution < -0.4 is 0 Å². The molecular weight excluding hydrogens is 436 g/mol. The van der Waals surface area contributed by atoms with Gasteiger partial charge in [0.25, 0.3) is 0 Å². The summed E-state index contributed by atoms with van der Waals surface area (Å²) in [5, 5.41) is 0. The van der Waals surface area contributed by atoms with Crippen LogP contribution in [0.5, 0.6) is 0 Å². The zero-order valence-corrected chi connectivity index (χ0v) is 15.1. The molecule has 0 spiro atoms. The van der Waals surface area contributed by atoms with Crippen LogP contribution in [0, 0.1) is 13.8 Å². The average Bonchev–Trinajstić information content (AvgIpc) is 2.72. The van der Waals surface area contributed by atoms with Crippen molar-refractivity contribution in [2.45, 2.75) is 18.7 Å². The molecule has 2 aromatic heterocycles. The second-order valence-electron chi connectivity index (χ2n) is 3.52. The smallest absolute Gasteiger partial charge is 0.0843 e. The van der Waals surface area contributed by atoms with Gasteiger partial charge in [-0.25, -0.2) is 0 Å². The van der Waals surface area contributed by atoms with Crippen molar-refractivity contribution in [2.75, 3.05) is 0 Å². The summed E-state index contributed by atoms with van der Waals surface area (Å²) in [4.78, 5) is 4.39. The molecule has 0 amide bonds. The molecule has 1 unspecified atom stereocenters. The third-order valence-electron chi connectivity index (χ3n) is 2.35. The highest BCUT2D eigenvalue weighted by atomic mass is 79.9. The number of hydrogen-bond donors (Lipinski definition) is 0. The molecule has 0 aliphatic carbocycles. The van der Waals surface area contributed by atoms with Crippen molar-refractivity contribution < 1.29 is 0 Å². The molecular formula is C11H9Br3S2. The lowest BCUT2D eigenvalue weighted by molar-refractivity contribution is 1.27. The Balaban J connectivity index is 2.34. The summed E-state index contributed by atoms with van der Waals surface area (Å²) < 4.78 is 2.28. The minimum absolute atomic E-state index is 0.303. The molecule has 0 saturated heterocycles. The molecule has 2 rings (SSSR count). The maximum Gasteiger partial charge on any atom is 0.0843 e. The van der Waals surface area contributed by atoms with Crippen molar-refractivity contribution in [3.63, 3.8) is 0 Å². The maximum atomic E-state index is 3.77. The normalized spacial score (nSPS) is 13.1. The van der Waals surface area contributed by atoms with Crippen molar-refractivity contribution in [3.8, 4) is 0 Å². The molecule has 0 bridgehead atoms. The van der Waals surface area contributed by atoms with Crippen LogP contribution in [0.2, 0.25) is 0 Å². The zero-order chi connectivity index (χ0) is 11.9. The molecule has 0 saturated carbocycles. The highest BCUT2D eigenvalue weighted by Crippen LogP contribution is 2.43. The molecule has 0 fully saturated rings. The first kappa shape index (κ1) is 13.3. The predicted molar refractivity (Wildman–Crippen MR) is 84.3 cm³/mol. The highest BCUT2D eigenvalue weighted by molar-refractivity contribution is 9.13. The largest absolute Gasteiger partial charge is 0.144 e. The summed E-state index contributed by atoms with van der Waals surface area (Å²) in [6, 6.07) is 4.43. The van der Waals surface area contributed by atoms with Crippen LogP contribution in [-0.2, 0) is 0 Å². The molecule has 2 heterocycles. The van der Waals surface area contributed by atoms with Gasteiger partial charge in [-0.15, -0.1) is 22.7 Å². The van der Waals surface area contributed by atoms with Crippen LogP contribution in [0.3, 0.4) is 0 Å².